The molecular formula is C24H30FN3O2. The van der Waals surface area contributed by atoms with Crippen molar-refractivity contribution in [1.29, 1.82) is 0 Å². The van der Waals surface area contributed by atoms with Crippen molar-refractivity contribution < 1.29 is 13.9 Å². The molecule has 2 saturated carbocycles. The molecule has 1 aromatic carbocycles. The van der Waals surface area contributed by atoms with Gasteiger partial charge in [-0.1, -0.05) is 12.8 Å². The zero-order valence-corrected chi connectivity index (χ0v) is 18.1. The Morgan fingerprint density at radius 2 is 1.83 bits per heavy atom. The summed E-state index contributed by atoms with van der Waals surface area (Å²) >= 11 is 0. The molecular weight excluding hydrogens is 381 g/mol. The minimum Gasteiger partial charge on any atom is -0.492 e. The molecule has 5 rings (SSSR count). The number of hydrogen-bond donors (Lipinski definition) is 0. The van der Waals surface area contributed by atoms with E-state index in [4.69, 9.17) is 4.74 Å². The highest BCUT2D eigenvalue weighted by molar-refractivity contribution is 5.99. The number of methoxy groups -OCH3 is 1. The van der Waals surface area contributed by atoms with E-state index in [0.717, 1.165) is 31.4 Å². The number of aromatic nitrogens is 1. The third kappa shape index (κ3) is 3.03. The Labute approximate surface area is 176 Å². The van der Waals surface area contributed by atoms with Gasteiger partial charge in [-0.2, -0.15) is 0 Å². The monoisotopic (exact) mass is 411 g/mol. The number of ether oxygens (including phenoxy) is 1. The standard InChI is InChI=1S/C24H30FN3O2/c1-14(29)19-13-28(17-8-9-17)22-18(21(19)26-2)10-20(25)23(24(22)30-3)27-11-15-6-4-5-7-16(15)12-27/h10,13,15-17H,4-9,11-12H2,1-3H3/t15-,16+. The minimum absolute atomic E-state index is 0.0565. The molecule has 1 saturated heterocycles. The van der Waals surface area contributed by atoms with Gasteiger partial charge in [-0.05, 0) is 50.5 Å². The predicted octanol–water partition coefficient (Wildman–Crippen LogP) is 4.48. The van der Waals surface area contributed by atoms with Crippen LogP contribution in [-0.2, 0) is 0 Å². The van der Waals surface area contributed by atoms with Crippen molar-refractivity contribution in [2.45, 2.75) is 51.5 Å². The SMILES string of the molecule is CN=c1c(C(C)=O)cn(C2CC2)c2c(OC)c(N3C[C@H]4CCCC[C@H]4C3)c(F)cc12. The maximum atomic E-state index is 15.6. The lowest BCUT2D eigenvalue weighted by atomic mass is 9.82. The van der Waals surface area contributed by atoms with Crippen molar-refractivity contribution in [3.05, 3.63) is 29.0 Å². The summed E-state index contributed by atoms with van der Waals surface area (Å²) in [6.07, 6.45) is 9.06. The van der Waals surface area contributed by atoms with Gasteiger partial charge in [0, 0.05) is 37.8 Å². The second kappa shape index (κ2) is 7.40. The molecule has 3 aliphatic rings. The highest BCUT2D eigenvalue weighted by Gasteiger charge is 2.38. The number of Topliss-reactive ketones (excluding diaryl/α,β-unsaturated/α-hetero) is 1. The fraction of sp³-hybridized carbons (Fsp3) is 0.583. The average molecular weight is 412 g/mol. The lowest BCUT2D eigenvalue weighted by Crippen LogP contribution is -2.24. The molecule has 0 radical (unpaired) electrons. The Kier molecular flexibility index (Phi) is 4.83. The van der Waals surface area contributed by atoms with Crippen LogP contribution in [0.3, 0.4) is 0 Å². The summed E-state index contributed by atoms with van der Waals surface area (Å²) in [5.41, 5.74) is 1.97. The number of anilines is 1. The van der Waals surface area contributed by atoms with Gasteiger partial charge in [0.25, 0.3) is 0 Å². The minimum atomic E-state index is -0.286. The van der Waals surface area contributed by atoms with Crippen LogP contribution < -0.4 is 15.0 Å². The van der Waals surface area contributed by atoms with Crippen LogP contribution in [0.2, 0.25) is 0 Å². The van der Waals surface area contributed by atoms with Crippen LogP contribution in [0, 0.1) is 17.7 Å². The van der Waals surface area contributed by atoms with Crippen molar-refractivity contribution in [3.63, 3.8) is 0 Å². The molecule has 2 aliphatic carbocycles. The number of carbonyl (C=O) groups is 1. The summed E-state index contributed by atoms with van der Waals surface area (Å²) in [5, 5.41) is 1.21. The molecule has 0 bridgehead atoms. The maximum absolute atomic E-state index is 15.6. The Morgan fingerprint density at radius 1 is 1.17 bits per heavy atom. The van der Waals surface area contributed by atoms with Gasteiger partial charge in [-0.25, -0.2) is 4.39 Å². The quantitative estimate of drug-likeness (QED) is 0.697. The molecule has 1 aliphatic heterocycles. The van der Waals surface area contributed by atoms with Gasteiger partial charge >= 0.3 is 0 Å². The Morgan fingerprint density at radius 3 is 2.37 bits per heavy atom. The van der Waals surface area contributed by atoms with Crippen LogP contribution in [0.4, 0.5) is 10.1 Å². The molecule has 2 heterocycles. The number of pyridine rings is 1. The molecule has 5 nitrogen and oxygen atoms in total. The zero-order chi connectivity index (χ0) is 21.0. The summed E-state index contributed by atoms with van der Waals surface area (Å²) in [4.78, 5) is 18.9. The topological polar surface area (TPSA) is 46.8 Å². The van der Waals surface area contributed by atoms with Crippen molar-refractivity contribution >= 4 is 22.4 Å². The van der Waals surface area contributed by atoms with E-state index >= 15 is 4.39 Å². The number of halogens is 1. The number of hydrogen-bond acceptors (Lipinski definition) is 4. The number of ketones is 1. The van der Waals surface area contributed by atoms with Gasteiger partial charge in [0.05, 0.1) is 23.5 Å². The summed E-state index contributed by atoms with van der Waals surface area (Å²) in [5.74, 6) is 1.53. The molecule has 2 aromatic rings. The molecule has 3 fully saturated rings. The van der Waals surface area contributed by atoms with Gasteiger partial charge < -0.3 is 14.2 Å². The van der Waals surface area contributed by atoms with Crippen LogP contribution >= 0.6 is 0 Å². The van der Waals surface area contributed by atoms with E-state index in [1.54, 1.807) is 27.1 Å². The van der Waals surface area contributed by atoms with Crippen LogP contribution in [-0.4, -0.2) is 37.6 Å². The van der Waals surface area contributed by atoms with Gasteiger partial charge in [0.1, 0.15) is 5.69 Å². The normalized spacial score (nSPS) is 24.4. The average Bonchev–Trinajstić information content (AvgIpc) is 3.49. The largest absolute Gasteiger partial charge is 0.492 e. The Hall–Kier alpha value is -2.37. The van der Waals surface area contributed by atoms with Crippen LogP contribution in [0.1, 0.15) is 61.8 Å². The highest BCUT2D eigenvalue weighted by atomic mass is 19.1. The predicted molar refractivity (Wildman–Crippen MR) is 116 cm³/mol. The maximum Gasteiger partial charge on any atom is 0.169 e. The van der Waals surface area contributed by atoms with Gasteiger partial charge in [0.2, 0.25) is 0 Å². The van der Waals surface area contributed by atoms with E-state index in [9.17, 15) is 4.79 Å². The Bertz CT molecular complexity index is 1070. The summed E-state index contributed by atoms with van der Waals surface area (Å²) in [6, 6.07) is 1.90. The summed E-state index contributed by atoms with van der Waals surface area (Å²) < 4.78 is 23.7. The van der Waals surface area contributed by atoms with Gasteiger partial charge in [-0.15, -0.1) is 0 Å². The van der Waals surface area contributed by atoms with Crippen LogP contribution in [0.15, 0.2) is 17.3 Å². The fourth-order valence-electron chi connectivity index (χ4n) is 5.67. The lowest BCUT2D eigenvalue weighted by Gasteiger charge is -2.25. The first-order valence-corrected chi connectivity index (χ1v) is 11.2. The molecule has 30 heavy (non-hydrogen) atoms. The molecule has 0 amide bonds. The van der Waals surface area contributed by atoms with E-state index in [1.165, 1.54) is 25.7 Å². The van der Waals surface area contributed by atoms with Crippen LogP contribution in [0.5, 0.6) is 5.75 Å². The van der Waals surface area contributed by atoms with E-state index in [0.29, 0.717) is 45.6 Å². The van der Waals surface area contributed by atoms with Crippen molar-refractivity contribution in [3.8, 4) is 5.75 Å². The Balaban J connectivity index is 1.76. The van der Waals surface area contributed by atoms with Crippen molar-refractivity contribution in [1.82, 2.24) is 4.57 Å². The first-order chi connectivity index (χ1) is 14.5. The summed E-state index contributed by atoms with van der Waals surface area (Å²) in [7, 11) is 3.28. The first-order valence-electron chi connectivity index (χ1n) is 11.2. The highest BCUT2D eigenvalue weighted by Crippen LogP contribution is 2.46. The van der Waals surface area contributed by atoms with E-state index in [2.05, 4.69) is 14.5 Å². The second-order valence-corrected chi connectivity index (χ2v) is 9.16. The van der Waals surface area contributed by atoms with E-state index in [-0.39, 0.29) is 11.6 Å². The number of nitrogens with zero attached hydrogens (tertiary/aromatic N) is 3. The molecule has 0 unspecified atom stereocenters. The van der Waals surface area contributed by atoms with E-state index in [1.807, 2.05) is 6.20 Å². The van der Waals surface area contributed by atoms with Crippen molar-refractivity contribution in [2.75, 3.05) is 32.1 Å². The van der Waals surface area contributed by atoms with Gasteiger partial charge in [-0.3, -0.25) is 9.79 Å². The van der Waals surface area contributed by atoms with Gasteiger partial charge in [0.15, 0.2) is 17.3 Å². The third-order valence-corrected chi connectivity index (χ3v) is 7.26. The summed E-state index contributed by atoms with van der Waals surface area (Å²) in [6.45, 7) is 3.33. The molecule has 0 spiro atoms. The van der Waals surface area contributed by atoms with Crippen molar-refractivity contribution in [2.24, 2.45) is 16.8 Å². The number of benzene rings is 1. The lowest BCUT2D eigenvalue weighted by molar-refractivity contribution is 0.101. The molecule has 160 valence electrons. The number of carbonyl (C=O) groups excluding carboxylic acids is 1. The first kappa shape index (κ1) is 19.6. The molecule has 2 atom stereocenters. The number of rotatable bonds is 4. The second-order valence-electron chi connectivity index (χ2n) is 9.16. The fourth-order valence-corrected chi connectivity index (χ4v) is 5.67. The third-order valence-electron chi connectivity index (χ3n) is 7.26. The smallest absolute Gasteiger partial charge is 0.169 e. The van der Waals surface area contributed by atoms with Crippen LogP contribution in [0.25, 0.3) is 10.9 Å². The zero-order valence-electron chi connectivity index (χ0n) is 18.1. The molecule has 6 heteroatoms. The molecule has 1 aromatic heterocycles. The van der Waals surface area contributed by atoms with E-state index < -0.39 is 0 Å². The number of fused-ring (bicyclic) bond motifs is 2. The molecule has 0 N–H and O–H groups in total.